The summed E-state index contributed by atoms with van der Waals surface area (Å²) in [4.78, 5) is 0. The summed E-state index contributed by atoms with van der Waals surface area (Å²) in [5, 5.41) is 20.4. The summed E-state index contributed by atoms with van der Waals surface area (Å²) in [7, 11) is 0. The molecule has 118 valence electrons. The van der Waals surface area contributed by atoms with Gasteiger partial charge in [0, 0.05) is 11.6 Å². The standard InChI is InChI=1S/C19H20N2O2/c1-14-6-5-11-21(19(14)20)12-16(22)13-23-18-10-4-8-15-7-2-3-9-17(15)18/h2-11,16,20,22H,12-13H2,1H3. The van der Waals surface area contributed by atoms with Gasteiger partial charge in [-0.1, -0.05) is 42.5 Å². The van der Waals surface area contributed by atoms with E-state index in [1.165, 1.54) is 0 Å². The van der Waals surface area contributed by atoms with Crippen molar-refractivity contribution in [2.24, 2.45) is 0 Å². The summed E-state index contributed by atoms with van der Waals surface area (Å²) < 4.78 is 7.53. The maximum absolute atomic E-state index is 10.2. The highest BCUT2D eigenvalue weighted by Crippen LogP contribution is 2.25. The number of nitrogens with one attached hydrogen (secondary N) is 1. The number of hydrogen-bond donors (Lipinski definition) is 2. The summed E-state index contributed by atoms with van der Waals surface area (Å²) in [6, 6.07) is 17.7. The minimum atomic E-state index is -0.676. The Kier molecular flexibility index (Phi) is 4.44. The highest BCUT2D eigenvalue weighted by molar-refractivity contribution is 5.88. The van der Waals surface area contributed by atoms with Crippen LogP contribution in [0.3, 0.4) is 0 Å². The van der Waals surface area contributed by atoms with Crippen LogP contribution in [-0.4, -0.2) is 22.4 Å². The zero-order valence-corrected chi connectivity index (χ0v) is 13.1. The van der Waals surface area contributed by atoms with Crippen molar-refractivity contribution < 1.29 is 9.84 Å². The van der Waals surface area contributed by atoms with Gasteiger partial charge >= 0.3 is 0 Å². The van der Waals surface area contributed by atoms with Crippen molar-refractivity contribution in [3.63, 3.8) is 0 Å². The van der Waals surface area contributed by atoms with Gasteiger partial charge in [-0.05, 0) is 30.0 Å². The van der Waals surface area contributed by atoms with Crippen molar-refractivity contribution in [1.82, 2.24) is 4.57 Å². The van der Waals surface area contributed by atoms with E-state index in [9.17, 15) is 5.11 Å². The zero-order chi connectivity index (χ0) is 16.2. The highest BCUT2D eigenvalue weighted by atomic mass is 16.5. The quantitative estimate of drug-likeness (QED) is 0.761. The molecule has 0 spiro atoms. The van der Waals surface area contributed by atoms with Gasteiger partial charge in [0.15, 0.2) is 0 Å². The van der Waals surface area contributed by atoms with Gasteiger partial charge in [0.05, 0.1) is 6.54 Å². The summed E-state index contributed by atoms with van der Waals surface area (Å²) in [5.41, 5.74) is 1.30. The van der Waals surface area contributed by atoms with E-state index in [1.807, 2.05) is 61.5 Å². The summed E-state index contributed by atoms with van der Waals surface area (Å²) >= 11 is 0. The number of fused-ring (bicyclic) bond motifs is 1. The van der Waals surface area contributed by atoms with Crippen LogP contribution in [0.4, 0.5) is 0 Å². The average Bonchev–Trinajstić information content (AvgIpc) is 2.57. The Morgan fingerprint density at radius 3 is 2.74 bits per heavy atom. The molecule has 0 bridgehead atoms. The maximum Gasteiger partial charge on any atom is 0.127 e. The van der Waals surface area contributed by atoms with Gasteiger partial charge in [-0.2, -0.15) is 0 Å². The van der Waals surface area contributed by atoms with E-state index in [0.717, 1.165) is 22.1 Å². The number of ether oxygens (including phenoxy) is 1. The molecule has 0 aliphatic rings. The highest BCUT2D eigenvalue weighted by Gasteiger charge is 2.09. The number of aryl methyl sites for hydroxylation is 1. The zero-order valence-electron chi connectivity index (χ0n) is 13.1. The van der Waals surface area contributed by atoms with Crippen LogP contribution in [-0.2, 0) is 6.54 Å². The predicted molar refractivity (Wildman–Crippen MR) is 90.5 cm³/mol. The molecule has 2 N–H and O–H groups in total. The normalized spacial score (nSPS) is 12.3. The molecule has 1 atom stereocenters. The monoisotopic (exact) mass is 308 g/mol. The molecule has 4 nitrogen and oxygen atoms in total. The molecule has 1 heterocycles. The number of aromatic nitrogens is 1. The molecule has 0 aliphatic carbocycles. The SMILES string of the molecule is Cc1cccn(CC(O)COc2cccc3ccccc23)c1=N. The lowest BCUT2D eigenvalue weighted by Gasteiger charge is -2.16. The third-order valence-electron chi connectivity index (χ3n) is 3.86. The second-order valence-corrected chi connectivity index (χ2v) is 5.63. The van der Waals surface area contributed by atoms with Crippen molar-refractivity contribution in [3.05, 3.63) is 71.8 Å². The van der Waals surface area contributed by atoms with Gasteiger partial charge in [0.2, 0.25) is 0 Å². The third kappa shape index (κ3) is 3.43. The van der Waals surface area contributed by atoms with Gasteiger partial charge in [-0.25, -0.2) is 0 Å². The number of aliphatic hydroxyl groups excluding tert-OH is 1. The Morgan fingerprint density at radius 1 is 1.09 bits per heavy atom. The van der Waals surface area contributed by atoms with Crippen LogP contribution in [0.15, 0.2) is 60.8 Å². The second-order valence-electron chi connectivity index (χ2n) is 5.63. The Morgan fingerprint density at radius 2 is 1.87 bits per heavy atom. The van der Waals surface area contributed by atoms with Crippen LogP contribution in [0.5, 0.6) is 5.75 Å². The second kappa shape index (κ2) is 6.67. The smallest absolute Gasteiger partial charge is 0.127 e. The van der Waals surface area contributed by atoms with Crippen LogP contribution in [0.1, 0.15) is 5.56 Å². The minimum Gasteiger partial charge on any atom is -0.490 e. The first-order valence-electron chi connectivity index (χ1n) is 7.64. The van der Waals surface area contributed by atoms with E-state index in [2.05, 4.69) is 0 Å². The first-order valence-corrected chi connectivity index (χ1v) is 7.64. The first kappa shape index (κ1) is 15.3. The van der Waals surface area contributed by atoms with Crippen LogP contribution in [0, 0.1) is 12.3 Å². The van der Waals surface area contributed by atoms with Crippen LogP contribution < -0.4 is 10.2 Å². The Hall–Kier alpha value is -2.59. The molecule has 0 radical (unpaired) electrons. The van der Waals surface area contributed by atoms with E-state index >= 15 is 0 Å². The first-order chi connectivity index (χ1) is 11.1. The number of aliphatic hydroxyl groups is 1. The molecule has 0 fully saturated rings. The lowest BCUT2D eigenvalue weighted by atomic mass is 10.1. The van der Waals surface area contributed by atoms with Crippen molar-refractivity contribution in [1.29, 1.82) is 5.41 Å². The van der Waals surface area contributed by atoms with Gasteiger partial charge in [0.1, 0.15) is 23.9 Å². The van der Waals surface area contributed by atoms with Crippen molar-refractivity contribution in [2.75, 3.05) is 6.61 Å². The molecule has 0 saturated heterocycles. The molecule has 23 heavy (non-hydrogen) atoms. The van der Waals surface area contributed by atoms with Gasteiger partial charge in [0.25, 0.3) is 0 Å². The fourth-order valence-corrected chi connectivity index (χ4v) is 2.61. The molecule has 1 unspecified atom stereocenters. The minimum absolute atomic E-state index is 0.189. The molecule has 0 aliphatic heterocycles. The molecule has 4 heteroatoms. The fourth-order valence-electron chi connectivity index (χ4n) is 2.61. The largest absolute Gasteiger partial charge is 0.490 e. The lowest BCUT2D eigenvalue weighted by Crippen LogP contribution is -2.30. The number of pyridine rings is 1. The van der Waals surface area contributed by atoms with E-state index < -0.39 is 6.10 Å². The fraction of sp³-hybridized carbons (Fsp3) is 0.211. The summed E-state index contributed by atoms with van der Waals surface area (Å²) in [5.74, 6) is 0.766. The lowest BCUT2D eigenvalue weighted by molar-refractivity contribution is 0.0919. The van der Waals surface area contributed by atoms with E-state index in [4.69, 9.17) is 10.1 Å². The van der Waals surface area contributed by atoms with E-state index in [-0.39, 0.29) is 6.61 Å². The Labute approximate surface area is 135 Å². The maximum atomic E-state index is 10.2. The van der Waals surface area contributed by atoms with Crippen molar-refractivity contribution >= 4 is 10.8 Å². The number of nitrogens with zero attached hydrogens (tertiary/aromatic N) is 1. The number of benzene rings is 2. The van der Waals surface area contributed by atoms with Gasteiger partial charge in [-0.3, -0.25) is 5.41 Å². The molecular formula is C19H20N2O2. The van der Waals surface area contributed by atoms with E-state index in [0.29, 0.717) is 12.0 Å². The topological polar surface area (TPSA) is 58.2 Å². The Balaban J connectivity index is 1.70. The third-order valence-corrected chi connectivity index (χ3v) is 3.86. The molecule has 0 amide bonds. The Bertz CT molecular complexity index is 865. The van der Waals surface area contributed by atoms with Crippen LogP contribution in [0.2, 0.25) is 0 Å². The number of hydrogen-bond acceptors (Lipinski definition) is 3. The van der Waals surface area contributed by atoms with Gasteiger partial charge < -0.3 is 14.4 Å². The molecule has 3 rings (SSSR count). The molecule has 2 aromatic carbocycles. The average molecular weight is 308 g/mol. The molecule has 1 aromatic heterocycles. The number of rotatable bonds is 5. The van der Waals surface area contributed by atoms with Gasteiger partial charge in [-0.15, -0.1) is 0 Å². The molecule has 3 aromatic rings. The predicted octanol–water partition coefficient (Wildman–Crippen LogP) is 2.87. The van der Waals surface area contributed by atoms with E-state index in [1.54, 1.807) is 10.8 Å². The summed E-state index contributed by atoms with van der Waals surface area (Å²) in [6.45, 7) is 2.41. The molecular weight excluding hydrogens is 288 g/mol. The van der Waals surface area contributed by atoms with Crippen molar-refractivity contribution in [2.45, 2.75) is 19.6 Å². The van der Waals surface area contributed by atoms with Crippen LogP contribution >= 0.6 is 0 Å². The summed E-state index contributed by atoms with van der Waals surface area (Å²) in [6.07, 6.45) is 1.13. The van der Waals surface area contributed by atoms with Crippen molar-refractivity contribution in [3.8, 4) is 5.75 Å². The molecule has 0 saturated carbocycles. The van der Waals surface area contributed by atoms with Crippen LogP contribution in [0.25, 0.3) is 10.8 Å².